The number of aryl methyl sites for hydroxylation is 2. The second-order valence-electron chi connectivity index (χ2n) is 7.72. The van der Waals surface area contributed by atoms with Crippen LogP contribution in [0.5, 0.6) is 0 Å². The monoisotopic (exact) mass is 377 g/mol. The lowest BCUT2D eigenvalue weighted by Crippen LogP contribution is -2.39. The number of imidazole rings is 1. The molecular formula is C22H27N5O. The molecular weight excluding hydrogens is 350 g/mol. The SMILES string of the molecule is Cc1nc2c(C3CCN(C(=O)CC(N)c4ccccc4)CC3)cnc(C)c2[nH]1. The maximum Gasteiger partial charge on any atom is 0.224 e. The quantitative estimate of drug-likeness (QED) is 0.730. The highest BCUT2D eigenvalue weighted by Gasteiger charge is 2.27. The number of carbonyl (C=O) groups excluding carboxylic acids is 1. The Morgan fingerprint density at radius 1 is 1.25 bits per heavy atom. The number of rotatable bonds is 4. The van der Waals surface area contributed by atoms with Gasteiger partial charge < -0.3 is 15.6 Å². The molecule has 1 saturated heterocycles. The largest absolute Gasteiger partial charge is 0.343 e. The molecule has 6 nitrogen and oxygen atoms in total. The number of fused-ring (bicyclic) bond motifs is 1. The van der Waals surface area contributed by atoms with Crippen LogP contribution >= 0.6 is 0 Å². The van der Waals surface area contributed by atoms with Crippen molar-refractivity contribution in [2.24, 2.45) is 5.73 Å². The van der Waals surface area contributed by atoms with Crippen LogP contribution in [-0.4, -0.2) is 38.8 Å². The maximum absolute atomic E-state index is 12.7. The molecule has 2 aromatic heterocycles. The number of aromatic amines is 1. The molecule has 0 radical (unpaired) electrons. The van der Waals surface area contributed by atoms with Gasteiger partial charge in [-0.15, -0.1) is 0 Å². The van der Waals surface area contributed by atoms with Gasteiger partial charge in [0.05, 0.1) is 16.7 Å². The van der Waals surface area contributed by atoms with Crippen LogP contribution in [0.3, 0.4) is 0 Å². The Hall–Kier alpha value is -2.73. The van der Waals surface area contributed by atoms with E-state index in [0.29, 0.717) is 12.3 Å². The summed E-state index contributed by atoms with van der Waals surface area (Å²) in [5.41, 5.74) is 11.5. The molecule has 0 spiro atoms. The molecule has 28 heavy (non-hydrogen) atoms. The first kappa shape index (κ1) is 18.6. The van der Waals surface area contributed by atoms with Crippen LogP contribution in [0.4, 0.5) is 0 Å². The van der Waals surface area contributed by atoms with Crippen molar-refractivity contribution in [3.05, 3.63) is 59.2 Å². The number of piperidine rings is 1. The molecule has 0 aliphatic carbocycles. The van der Waals surface area contributed by atoms with Crippen LogP contribution in [0.1, 0.15) is 53.9 Å². The summed E-state index contributed by atoms with van der Waals surface area (Å²) in [6.07, 6.45) is 4.17. The first-order chi connectivity index (χ1) is 13.5. The number of aromatic nitrogens is 3. The van der Waals surface area contributed by atoms with Crippen molar-refractivity contribution >= 4 is 16.9 Å². The van der Waals surface area contributed by atoms with E-state index in [1.54, 1.807) is 0 Å². The second kappa shape index (κ2) is 7.72. The number of hydrogen-bond acceptors (Lipinski definition) is 4. The number of nitrogens with two attached hydrogens (primary N) is 1. The topological polar surface area (TPSA) is 87.9 Å². The highest BCUT2D eigenvalue weighted by molar-refractivity contribution is 5.81. The van der Waals surface area contributed by atoms with Crippen LogP contribution in [-0.2, 0) is 4.79 Å². The molecule has 146 valence electrons. The third-order valence-electron chi connectivity index (χ3n) is 5.76. The van der Waals surface area contributed by atoms with Gasteiger partial charge in [0, 0.05) is 37.3 Å². The Labute approximate surface area is 165 Å². The summed E-state index contributed by atoms with van der Waals surface area (Å²) in [5.74, 6) is 1.43. The minimum absolute atomic E-state index is 0.137. The normalized spacial score (nSPS) is 16.5. The number of benzene rings is 1. The first-order valence-electron chi connectivity index (χ1n) is 9.93. The number of amides is 1. The number of carbonyl (C=O) groups is 1. The van der Waals surface area contributed by atoms with Crippen molar-refractivity contribution in [1.82, 2.24) is 19.9 Å². The molecule has 1 atom stereocenters. The number of likely N-dealkylation sites (tertiary alicyclic amines) is 1. The van der Waals surface area contributed by atoms with Gasteiger partial charge in [0.25, 0.3) is 0 Å². The summed E-state index contributed by atoms with van der Waals surface area (Å²) in [6, 6.07) is 9.58. The van der Waals surface area contributed by atoms with Crippen molar-refractivity contribution in [3.8, 4) is 0 Å². The van der Waals surface area contributed by atoms with E-state index in [9.17, 15) is 4.79 Å². The molecule has 1 unspecified atom stereocenters. The molecule has 0 bridgehead atoms. The number of nitrogens with zero attached hydrogens (tertiary/aromatic N) is 3. The van der Waals surface area contributed by atoms with E-state index in [1.165, 1.54) is 5.56 Å². The van der Waals surface area contributed by atoms with Gasteiger partial charge in [-0.1, -0.05) is 30.3 Å². The van der Waals surface area contributed by atoms with Crippen LogP contribution in [0.2, 0.25) is 0 Å². The second-order valence-corrected chi connectivity index (χ2v) is 7.72. The van der Waals surface area contributed by atoms with Gasteiger partial charge in [0.1, 0.15) is 5.82 Å². The van der Waals surface area contributed by atoms with E-state index in [2.05, 4.69) is 15.0 Å². The van der Waals surface area contributed by atoms with E-state index >= 15 is 0 Å². The molecule has 3 heterocycles. The van der Waals surface area contributed by atoms with Gasteiger partial charge in [0.2, 0.25) is 5.91 Å². The fourth-order valence-electron chi connectivity index (χ4n) is 4.13. The van der Waals surface area contributed by atoms with E-state index in [1.807, 2.05) is 55.3 Å². The molecule has 1 aliphatic rings. The fourth-order valence-corrected chi connectivity index (χ4v) is 4.13. The van der Waals surface area contributed by atoms with Crippen molar-refractivity contribution < 1.29 is 4.79 Å². The molecule has 3 aromatic rings. The Bertz CT molecular complexity index is 973. The van der Waals surface area contributed by atoms with Crippen LogP contribution < -0.4 is 5.73 Å². The van der Waals surface area contributed by atoms with E-state index in [4.69, 9.17) is 5.73 Å². The summed E-state index contributed by atoms with van der Waals surface area (Å²) in [7, 11) is 0. The van der Waals surface area contributed by atoms with Crippen LogP contribution in [0.15, 0.2) is 36.5 Å². The molecule has 1 aliphatic heterocycles. The van der Waals surface area contributed by atoms with Gasteiger partial charge in [-0.05, 0) is 38.2 Å². The maximum atomic E-state index is 12.7. The zero-order valence-corrected chi connectivity index (χ0v) is 16.5. The number of hydrogen-bond donors (Lipinski definition) is 2. The molecule has 3 N–H and O–H groups in total. The summed E-state index contributed by atoms with van der Waals surface area (Å²) < 4.78 is 0. The lowest BCUT2D eigenvalue weighted by atomic mass is 9.89. The number of pyridine rings is 1. The molecule has 6 heteroatoms. The highest BCUT2D eigenvalue weighted by atomic mass is 16.2. The van der Waals surface area contributed by atoms with Crippen molar-refractivity contribution in [3.63, 3.8) is 0 Å². The third kappa shape index (κ3) is 3.64. The van der Waals surface area contributed by atoms with Crippen LogP contribution in [0, 0.1) is 13.8 Å². The summed E-state index contributed by atoms with van der Waals surface area (Å²) in [4.78, 5) is 27.2. The molecule has 1 fully saturated rings. The van der Waals surface area contributed by atoms with Crippen LogP contribution in [0.25, 0.3) is 11.0 Å². The molecule has 0 saturated carbocycles. The average Bonchev–Trinajstić information content (AvgIpc) is 3.11. The fraction of sp³-hybridized carbons (Fsp3) is 0.409. The summed E-state index contributed by atoms with van der Waals surface area (Å²) in [5, 5.41) is 0. The number of H-pyrrole nitrogens is 1. The van der Waals surface area contributed by atoms with E-state index < -0.39 is 0 Å². The minimum Gasteiger partial charge on any atom is -0.343 e. The Morgan fingerprint density at radius 2 is 1.96 bits per heavy atom. The van der Waals surface area contributed by atoms with E-state index in [-0.39, 0.29) is 11.9 Å². The Kier molecular flexibility index (Phi) is 5.13. The van der Waals surface area contributed by atoms with Gasteiger partial charge in [-0.3, -0.25) is 9.78 Å². The lowest BCUT2D eigenvalue weighted by molar-refractivity contribution is -0.132. The lowest BCUT2D eigenvalue weighted by Gasteiger charge is -2.33. The smallest absolute Gasteiger partial charge is 0.224 e. The minimum atomic E-state index is -0.251. The predicted molar refractivity (Wildman–Crippen MR) is 110 cm³/mol. The zero-order valence-electron chi connectivity index (χ0n) is 16.5. The zero-order chi connectivity index (χ0) is 19.7. The molecule has 1 aromatic carbocycles. The van der Waals surface area contributed by atoms with Gasteiger partial charge >= 0.3 is 0 Å². The van der Waals surface area contributed by atoms with Crippen molar-refractivity contribution in [2.75, 3.05) is 13.1 Å². The van der Waals surface area contributed by atoms with Crippen molar-refractivity contribution in [2.45, 2.75) is 45.1 Å². The van der Waals surface area contributed by atoms with E-state index in [0.717, 1.165) is 54.0 Å². The highest BCUT2D eigenvalue weighted by Crippen LogP contribution is 2.33. The number of nitrogens with one attached hydrogen (secondary N) is 1. The van der Waals surface area contributed by atoms with Gasteiger partial charge in [-0.2, -0.15) is 0 Å². The Balaban J connectivity index is 1.41. The molecule has 1 amide bonds. The van der Waals surface area contributed by atoms with Gasteiger partial charge in [0.15, 0.2) is 0 Å². The summed E-state index contributed by atoms with van der Waals surface area (Å²) in [6.45, 7) is 5.48. The standard InChI is InChI=1S/C22H27N5O/c1-14-21-22(26-15(2)25-21)18(13-24-14)16-8-10-27(11-9-16)20(28)12-19(23)17-6-4-3-5-7-17/h3-7,13,16,19H,8-12,23H2,1-2H3,(H,25,26). The average molecular weight is 377 g/mol. The van der Waals surface area contributed by atoms with Gasteiger partial charge in [-0.25, -0.2) is 4.98 Å². The molecule has 4 rings (SSSR count). The first-order valence-corrected chi connectivity index (χ1v) is 9.93. The third-order valence-corrected chi connectivity index (χ3v) is 5.76. The summed E-state index contributed by atoms with van der Waals surface area (Å²) >= 11 is 0. The van der Waals surface area contributed by atoms with Crippen molar-refractivity contribution in [1.29, 1.82) is 0 Å². The Morgan fingerprint density at radius 3 is 2.68 bits per heavy atom. The predicted octanol–water partition coefficient (Wildman–Crippen LogP) is 3.37.